The van der Waals surface area contributed by atoms with E-state index in [9.17, 15) is 9.18 Å². The SMILES string of the molecule is O=C(NCc1ccoc1)c1ccc(F)c2ccccc12. The number of hydrogen-bond donors (Lipinski definition) is 1. The molecule has 3 rings (SSSR count). The summed E-state index contributed by atoms with van der Waals surface area (Å²) in [5, 5.41) is 3.85. The zero-order valence-electron chi connectivity index (χ0n) is 10.6. The number of furan rings is 1. The molecule has 4 heteroatoms. The van der Waals surface area contributed by atoms with Crippen LogP contribution in [0.5, 0.6) is 0 Å². The Morgan fingerprint density at radius 1 is 1.10 bits per heavy atom. The lowest BCUT2D eigenvalue weighted by Crippen LogP contribution is -2.22. The van der Waals surface area contributed by atoms with Gasteiger partial charge in [0.25, 0.3) is 5.91 Å². The van der Waals surface area contributed by atoms with Crippen LogP contribution < -0.4 is 5.32 Å². The highest BCUT2D eigenvalue weighted by atomic mass is 19.1. The van der Waals surface area contributed by atoms with Crippen molar-refractivity contribution in [3.8, 4) is 0 Å². The Bertz CT molecular complexity index is 750. The molecular weight excluding hydrogens is 257 g/mol. The molecule has 0 spiro atoms. The molecule has 3 aromatic rings. The number of carbonyl (C=O) groups is 1. The maximum absolute atomic E-state index is 13.7. The van der Waals surface area contributed by atoms with E-state index in [4.69, 9.17) is 4.42 Å². The average molecular weight is 269 g/mol. The zero-order valence-corrected chi connectivity index (χ0v) is 10.6. The molecule has 100 valence electrons. The predicted octanol–water partition coefficient (Wildman–Crippen LogP) is 3.50. The highest BCUT2D eigenvalue weighted by Gasteiger charge is 2.12. The van der Waals surface area contributed by atoms with Crippen molar-refractivity contribution in [1.82, 2.24) is 5.32 Å². The number of fused-ring (bicyclic) bond motifs is 1. The van der Waals surface area contributed by atoms with Gasteiger partial charge in [-0.1, -0.05) is 24.3 Å². The van der Waals surface area contributed by atoms with Crippen molar-refractivity contribution in [2.75, 3.05) is 0 Å². The summed E-state index contributed by atoms with van der Waals surface area (Å²) < 4.78 is 18.6. The number of benzene rings is 2. The lowest BCUT2D eigenvalue weighted by molar-refractivity contribution is 0.0952. The van der Waals surface area contributed by atoms with Gasteiger partial charge < -0.3 is 9.73 Å². The fourth-order valence-electron chi connectivity index (χ4n) is 2.13. The molecule has 0 aliphatic carbocycles. The first kappa shape index (κ1) is 12.4. The number of amides is 1. The van der Waals surface area contributed by atoms with Crippen LogP contribution >= 0.6 is 0 Å². The van der Waals surface area contributed by atoms with Gasteiger partial charge in [-0.05, 0) is 23.6 Å². The third kappa shape index (κ3) is 2.28. The molecule has 0 aliphatic rings. The first-order valence-corrected chi connectivity index (χ1v) is 6.22. The Labute approximate surface area is 115 Å². The number of carbonyl (C=O) groups excluding carboxylic acids is 1. The van der Waals surface area contributed by atoms with Crippen LogP contribution in [0.3, 0.4) is 0 Å². The van der Waals surface area contributed by atoms with Gasteiger partial charge in [0.15, 0.2) is 0 Å². The summed E-state index contributed by atoms with van der Waals surface area (Å²) in [4.78, 5) is 12.2. The van der Waals surface area contributed by atoms with Crippen molar-refractivity contribution in [1.29, 1.82) is 0 Å². The number of rotatable bonds is 3. The monoisotopic (exact) mass is 269 g/mol. The van der Waals surface area contributed by atoms with Gasteiger partial charge in [0.05, 0.1) is 12.5 Å². The molecule has 1 aromatic heterocycles. The van der Waals surface area contributed by atoms with Gasteiger partial charge in [0, 0.05) is 23.1 Å². The summed E-state index contributed by atoms with van der Waals surface area (Å²) >= 11 is 0. The quantitative estimate of drug-likeness (QED) is 0.790. The van der Waals surface area contributed by atoms with Gasteiger partial charge in [-0.25, -0.2) is 4.39 Å². The molecule has 0 aliphatic heterocycles. The number of nitrogens with one attached hydrogen (secondary N) is 1. The van der Waals surface area contributed by atoms with Gasteiger partial charge in [-0.3, -0.25) is 4.79 Å². The summed E-state index contributed by atoms with van der Waals surface area (Å²) in [5.74, 6) is -0.561. The van der Waals surface area contributed by atoms with Crippen LogP contribution in [-0.4, -0.2) is 5.91 Å². The van der Waals surface area contributed by atoms with Crippen LogP contribution in [0.4, 0.5) is 4.39 Å². The Kier molecular flexibility index (Phi) is 3.21. The van der Waals surface area contributed by atoms with E-state index in [1.165, 1.54) is 12.1 Å². The molecule has 1 amide bonds. The van der Waals surface area contributed by atoms with E-state index < -0.39 is 0 Å². The average Bonchev–Trinajstić information content (AvgIpc) is 2.99. The van der Waals surface area contributed by atoms with E-state index in [0.717, 1.165) is 5.56 Å². The van der Waals surface area contributed by atoms with E-state index in [1.807, 2.05) is 0 Å². The lowest BCUT2D eigenvalue weighted by Gasteiger charge is -2.08. The third-order valence-corrected chi connectivity index (χ3v) is 3.15. The molecule has 1 heterocycles. The van der Waals surface area contributed by atoms with E-state index in [0.29, 0.717) is 22.9 Å². The Hall–Kier alpha value is -2.62. The van der Waals surface area contributed by atoms with Crippen LogP contribution in [0, 0.1) is 5.82 Å². The molecule has 3 nitrogen and oxygen atoms in total. The van der Waals surface area contributed by atoms with Gasteiger partial charge in [-0.2, -0.15) is 0 Å². The molecule has 1 N–H and O–H groups in total. The fraction of sp³-hybridized carbons (Fsp3) is 0.0625. The van der Waals surface area contributed by atoms with Crippen LogP contribution in [0.15, 0.2) is 59.4 Å². The maximum Gasteiger partial charge on any atom is 0.252 e. The predicted molar refractivity (Wildman–Crippen MR) is 73.8 cm³/mol. The Balaban J connectivity index is 1.90. The van der Waals surface area contributed by atoms with Gasteiger partial charge in [-0.15, -0.1) is 0 Å². The topological polar surface area (TPSA) is 42.2 Å². The van der Waals surface area contributed by atoms with Crippen molar-refractivity contribution in [3.63, 3.8) is 0 Å². The smallest absolute Gasteiger partial charge is 0.252 e. The van der Waals surface area contributed by atoms with Crippen LogP contribution in [0.1, 0.15) is 15.9 Å². The second kappa shape index (κ2) is 5.17. The summed E-state index contributed by atoms with van der Waals surface area (Å²) in [5.41, 5.74) is 1.34. The Morgan fingerprint density at radius 3 is 2.65 bits per heavy atom. The number of halogens is 1. The molecule has 2 aromatic carbocycles. The van der Waals surface area contributed by atoms with Crippen LogP contribution in [0.2, 0.25) is 0 Å². The standard InChI is InChI=1S/C16H12FNO2/c17-15-6-5-14(12-3-1-2-4-13(12)15)16(19)18-9-11-7-8-20-10-11/h1-8,10H,9H2,(H,18,19). The van der Waals surface area contributed by atoms with E-state index in [1.54, 1.807) is 42.9 Å². The van der Waals surface area contributed by atoms with E-state index in [-0.39, 0.29) is 11.7 Å². The maximum atomic E-state index is 13.7. The molecular formula is C16H12FNO2. The minimum Gasteiger partial charge on any atom is -0.472 e. The van der Waals surface area contributed by atoms with Gasteiger partial charge >= 0.3 is 0 Å². The molecule has 0 unspecified atom stereocenters. The first-order chi connectivity index (χ1) is 9.75. The highest BCUT2D eigenvalue weighted by Crippen LogP contribution is 2.21. The van der Waals surface area contributed by atoms with Crippen molar-refractivity contribution in [2.24, 2.45) is 0 Å². The second-order valence-electron chi connectivity index (χ2n) is 4.45. The molecule has 20 heavy (non-hydrogen) atoms. The lowest BCUT2D eigenvalue weighted by atomic mass is 10.0. The van der Waals surface area contributed by atoms with Crippen molar-refractivity contribution in [3.05, 3.63) is 71.9 Å². The minimum atomic E-state index is -0.327. The molecule has 0 radical (unpaired) electrons. The second-order valence-corrected chi connectivity index (χ2v) is 4.45. The summed E-state index contributed by atoms with van der Waals surface area (Å²) in [6, 6.07) is 11.5. The fourth-order valence-corrected chi connectivity index (χ4v) is 2.13. The molecule has 0 atom stereocenters. The normalized spacial score (nSPS) is 10.7. The van der Waals surface area contributed by atoms with E-state index in [2.05, 4.69) is 5.32 Å². The zero-order chi connectivity index (χ0) is 13.9. The van der Waals surface area contributed by atoms with Gasteiger partial charge in [0.2, 0.25) is 0 Å². The van der Waals surface area contributed by atoms with E-state index >= 15 is 0 Å². The molecule has 0 fully saturated rings. The molecule has 0 saturated heterocycles. The Morgan fingerprint density at radius 2 is 1.90 bits per heavy atom. The van der Waals surface area contributed by atoms with Crippen molar-refractivity contribution < 1.29 is 13.6 Å². The van der Waals surface area contributed by atoms with Crippen LogP contribution in [0.25, 0.3) is 10.8 Å². The highest BCUT2D eigenvalue weighted by molar-refractivity contribution is 6.07. The van der Waals surface area contributed by atoms with Crippen molar-refractivity contribution >= 4 is 16.7 Å². The third-order valence-electron chi connectivity index (χ3n) is 3.15. The summed E-state index contributed by atoms with van der Waals surface area (Å²) in [7, 11) is 0. The summed E-state index contributed by atoms with van der Waals surface area (Å²) in [6.07, 6.45) is 3.12. The summed E-state index contributed by atoms with van der Waals surface area (Å²) in [6.45, 7) is 0.376. The molecule has 0 bridgehead atoms. The number of hydrogen-bond acceptors (Lipinski definition) is 2. The van der Waals surface area contributed by atoms with Crippen LogP contribution in [-0.2, 0) is 6.54 Å². The van der Waals surface area contributed by atoms with Gasteiger partial charge in [0.1, 0.15) is 5.82 Å². The first-order valence-electron chi connectivity index (χ1n) is 6.22. The van der Waals surface area contributed by atoms with Crippen molar-refractivity contribution in [2.45, 2.75) is 6.54 Å². The minimum absolute atomic E-state index is 0.234. The molecule has 0 saturated carbocycles. The largest absolute Gasteiger partial charge is 0.472 e.